The van der Waals surface area contributed by atoms with Crippen molar-refractivity contribution in [3.05, 3.63) is 75.6 Å². The van der Waals surface area contributed by atoms with Crippen molar-refractivity contribution in [1.82, 2.24) is 14.8 Å². The molecular weight excluding hydrogens is 351 g/mol. The Morgan fingerprint density at radius 3 is 2.96 bits per heavy atom. The minimum Gasteiger partial charge on any atom is -0.328 e. The number of benzene rings is 1. The highest BCUT2D eigenvalue weighted by Gasteiger charge is 2.39. The molecule has 5 rings (SSSR count). The summed E-state index contributed by atoms with van der Waals surface area (Å²) in [4.78, 5) is 18.6. The first-order valence-corrected chi connectivity index (χ1v) is 9.30. The number of hydrogen-bond donors (Lipinski definition) is 1. The second-order valence-corrected chi connectivity index (χ2v) is 7.53. The number of aromatic nitrogens is 3. The molecule has 1 aromatic carbocycles. The van der Waals surface area contributed by atoms with E-state index in [-0.39, 0.29) is 17.5 Å². The number of carbonyl (C=O) groups excluding carboxylic acids is 1. The molecule has 0 amide bonds. The number of carbonyl (C=O) groups is 1. The molecule has 1 aliphatic carbocycles. The lowest BCUT2D eigenvalue weighted by Crippen LogP contribution is -2.33. The largest absolute Gasteiger partial charge is 0.328 e. The number of hydrogen-bond acceptors (Lipinski definition) is 5. The van der Waals surface area contributed by atoms with Gasteiger partial charge >= 0.3 is 0 Å². The van der Waals surface area contributed by atoms with E-state index in [4.69, 9.17) is 0 Å². The summed E-state index contributed by atoms with van der Waals surface area (Å²) >= 11 is 1.67. The number of anilines is 1. The van der Waals surface area contributed by atoms with E-state index >= 15 is 0 Å². The predicted octanol–water partition coefficient (Wildman–Crippen LogP) is 3.89. The van der Waals surface area contributed by atoms with Gasteiger partial charge in [0.1, 0.15) is 18.2 Å². The van der Waals surface area contributed by atoms with Gasteiger partial charge in [-0.1, -0.05) is 18.2 Å². The molecule has 0 fully saturated rings. The van der Waals surface area contributed by atoms with Crippen LogP contribution in [0.5, 0.6) is 0 Å². The minimum absolute atomic E-state index is 0.0764. The van der Waals surface area contributed by atoms with Crippen LogP contribution in [-0.4, -0.2) is 20.5 Å². The summed E-state index contributed by atoms with van der Waals surface area (Å²) in [5.41, 5.74) is 2.24. The maximum absolute atomic E-state index is 13.8. The zero-order valence-electron chi connectivity index (χ0n) is 13.7. The number of nitrogens with zero attached hydrogens (tertiary/aromatic N) is 3. The number of halogens is 1. The Bertz CT molecular complexity index is 1020. The molecule has 0 unspecified atom stereocenters. The number of Topliss-reactive ketones (excluding diaryl/α,β-unsaturated/α-hetero) is 1. The normalized spacial score (nSPS) is 22.0. The molecule has 7 heteroatoms. The lowest BCUT2D eigenvalue weighted by Gasteiger charge is -2.34. The minimum atomic E-state index is -0.448. The summed E-state index contributed by atoms with van der Waals surface area (Å²) in [7, 11) is 0. The lowest BCUT2D eigenvalue weighted by molar-refractivity contribution is -0.116. The zero-order valence-corrected chi connectivity index (χ0v) is 14.5. The van der Waals surface area contributed by atoms with Gasteiger partial charge in [-0.05, 0) is 35.6 Å². The fraction of sp³-hybridized carbons (Fsp3) is 0.211. The summed E-state index contributed by atoms with van der Waals surface area (Å²) in [6, 6.07) is 9.98. The molecule has 0 saturated heterocycles. The van der Waals surface area contributed by atoms with Crippen LogP contribution in [0.15, 0.2) is 59.4 Å². The average Bonchev–Trinajstić information content (AvgIpc) is 3.31. The van der Waals surface area contributed by atoms with Crippen molar-refractivity contribution in [2.45, 2.75) is 24.8 Å². The van der Waals surface area contributed by atoms with Crippen LogP contribution in [0.2, 0.25) is 0 Å². The number of thiophene rings is 1. The van der Waals surface area contributed by atoms with Gasteiger partial charge in [0.2, 0.25) is 5.95 Å². The van der Waals surface area contributed by atoms with Gasteiger partial charge in [0.25, 0.3) is 0 Å². The van der Waals surface area contributed by atoms with Gasteiger partial charge in [-0.3, -0.25) is 4.79 Å². The van der Waals surface area contributed by atoms with Crippen LogP contribution < -0.4 is 5.32 Å². The van der Waals surface area contributed by atoms with Crippen LogP contribution in [0.4, 0.5) is 10.3 Å². The van der Waals surface area contributed by atoms with E-state index in [0.717, 1.165) is 12.1 Å². The smallest absolute Gasteiger partial charge is 0.226 e. The summed E-state index contributed by atoms with van der Waals surface area (Å²) in [6.45, 7) is 0. The molecule has 5 nitrogen and oxygen atoms in total. The molecule has 1 aliphatic heterocycles. The number of allylic oxidation sites excluding steroid dienone is 2. The Morgan fingerprint density at radius 2 is 2.15 bits per heavy atom. The third kappa shape index (κ3) is 2.39. The van der Waals surface area contributed by atoms with E-state index in [0.29, 0.717) is 23.5 Å². The van der Waals surface area contributed by atoms with E-state index in [1.165, 1.54) is 23.3 Å². The maximum Gasteiger partial charge on any atom is 0.226 e. The summed E-state index contributed by atoms with van der Waals surface area (Å²) in [5, 5.41) is 9.58. The second kappa shape index (κ2) is 5.88. The molecule has 2 atom stereocenters. The van der Waals surface area contributed by atoms with E-state index < -0.39 is 6.04 Å². The van der Waals surface area contributed by atoms with Crippen molar-refractivity contribution >= 4 is 23.1 Å². The van der Waals surface area contributed by atoms with Crippen molar-refractivity contribution in [3.8, 4) is 0 Å². The fourth-order valence-corrected chi connectivity index (χ4v) is 4.69. The van der Waals surface area contributed by atoms with Crippen LogP contribution in [0.25, 0.3) is 0 Å². The number of nitrogens with one attached hydrogen (secondary N) is 1. The number of fused-ring (bicyclic) bond motifs is 1. The summed E-state index contributed by atoms with van der Waals surface area (Å²) in [5.74, 6) is 0.492. The molecule has 2 aromatic heterocycles. The Morgan fingerprint density at radius 1 is 1.23 bits per heavy atom. The van der Waals surface area contributed by atoms with Crippen molar-refractivity contribution < 1.29 is 9.18 Å². The molecule has 0 bridgehead atoms. The highest BCUT2D eigenvalue weighted by molar-refractivity contribution is 7.10. The monoisotopic (exact) mass is 366 g/mol. The second-order valence-electron chi connectivity index (χ2n) is 6.55. The van der Waals surface area contributed by atoms with Crippen LogP contribution in [0.3, 0.4) is 0 Å². The van der Waals surface area contributed by atoms with Gasteiger partial charge < -0.3 is 5.32 Å². The number of ketones is 1. The van der Waals surface area contributed by atoms with Crippen molar-refractivity contribution in [3.63, 3.8) is 0 Å². The first-order chi connectivity index (χ1) is 12.7. The SMILES string of the molecule is O=C1C[C@@H](c2cccs2)CC2=C1[C@@H](c1cccc(F)c1)n1ncnc1N2. The van der Waals surface area contributed by atoms with E-state index in [1.54, 1.807) is 22.1 Å². The van der Waals surface area contributed by atoms with Gasteiger partial charge in [-0.2, -0.15) is 10.1 Å². The summed E-state index contributed by atoms with van der Waals surface area (Å²) < 4.78 is 15.5. The average molecular weight is 366 g/mol. The molecule has 3 heterocycles. The lowest BCUT2D eigenvalue weighted by atomic mass is 9.80. The van der Waals surface area contributed by atoms with Gasteiger partial charge in [-0.15, -0.1) is 11.3 Å². The van der Waals surface area contributed by atoms with E-state index in [2.05, 4.69) is 21.5 Å². The van der Waals surface area contributed by atoms with E-state index in [9.17, 15) is 9.18 Å². The van der Waals surface area contributed by atoms with Crippen molar-refractivity contribution in [2.24, 2.45) is 0 Å². The molecular formula is C19H15FN4OS. The Balaban J connectivity index is 1.63. The standard InChI is InChI=1S/C19H15FN4OS/c20-13-4-1-3-11(7-13)18-17-14(23-19-21-10-22-24(18)19)8-12(9-15(17)25)16-5-2-6-26-16/h1-7,10,12,18H,8-9H2,(H,21,22,23)/t12-,18+/m0/s1. The Kier molecular flexibility index (Phi) is 3.49. The van der Waals surface area contributed by atoms with Crippen LogP contribution >= 0.6 is 11.3 Å². The summed E-state index contributed by atoms with van der Waals surface area (Å²) in [6.07, 6.45) is 2.64. The van der Waals surface area contributed by atoms with Gasteiger partial charge in [0.15, 0.2) is 5.78 Å². The fourth-order valence-electron chi connectivity index (χ4n) is 3.86. The molecule has 3 aromatic rings. The Hall–Kier alpha value is -2.80. The van der Waals surface area contributed by atoms with Gasteiger partial charge in [0, 0.05) is 28.5 Å². The third-order valence-corrected chi connectivity index (χ3v) is 6.01. The van der Waals surface area contributed by atoms with Crippen molar-refractivity contribution in [2.75, 3.05) is 5.32 Å². The molecule has 0 spiro atoms. The van der Waals surface area contributed by atoms with Crippen LogP contribution in [0.1, 0.15) is 35.2 Å². The van der Waals surface area contributed by atoms with Crippen molar-refractivity contribution in [1.29, 1.82) is 0 Å². The van der Waals surface area contributed by atoms with Crippen LogP contribution in [0, 0.1) is 5.82 Å². The molecule has 2 aliphatic rings. The number of rotatable bonds is 2. The predicted molar refractivity (Wildman–Crippen MR) is 96.5 cm³/mol. The first-order valence-electron chi connectivity index (χ1n) is 8.42. The third-order valence-electron chi connectivity index (χ3n) is 4.97. The zero-order chi connectivity index (χ0) is 17.7. The maximum atomic E-state index is 13.8. The molecule has 0 saturated carbocycles. The first kappa shape index (κ1) is 15.5. The highest BCUT2D eigenvalue weighted by Crippen LogP contribution is 2.44. The van der Waals surface area contributed by atoms with Gasteiger partial charge in [0.05, 0.1) is 0 Å². The molecule has 26 heavy (non-hydrogen) atoms. The molecule has 1 N–H and O–H groups in total. The van der Waals surface area contributed by atoms with Crippen LogP contribution in [-0.2, 0) is 4.79 Å². The topological polar surface area (TPSA) is 59.8 Å². The molecule has 130 valence electrons. The Labute approximate surface area is 153 Å². The van der Waals surface area contributed by atoms with Gasteiger partial charge in [-0.25, -0.2) is 9.07 Å². The highest BCUT2D eigenvalue weighted by atomic mass is 32.1. The quantitative estimate of drug-likeness (QED) is 0.747. The van der Waals surface area contributed by atoms with E-state index in [1.807, 2.05) is 17.5 Å². The molecule has 0 radical (unpaired) electrons.